The van der Waals surface area contributed by atoms with E-state index >= 15 is 0 Å². The maximum Gasteiger partial charge on any atom is 0.256 e. The summed E-state index contributed by atoms with van der Waals surface area (Å²) in [5.41, 5.74) is 3.03. The van der Waals surface area contributed by atoms with Gasteiger partial charge in [-0.3, -0.25) is 4.79 Å². The standard InChI is InChI=1S/C17H10F2N4OS/c18-12-5-1-10(2-6-12)14-15(23-17(21-14)25-9-20-23)22-16(24)11-3-7-13(19)8-4-11/h1-9H,(H,22,24). The Morgan fingerprint density at radius 2 is 1.64 bits per heavy atom. The van der Waals surface area contributed by atoms with Crippen LogP contribution in [0.1, 0.15) is 10.4 Å². The molecule has 1 amide bonds. The first-order valence-corrected chi connectivity index (χ1v) is 8.15. The van der Waals surface area contributed by atoms with Gasteiger partial charge >= 0.3 is 0 Å². The zero-order chi connectivity index (χ0) is 17.4. The number of aromatic nitrogens is 3. The highest BCUT2D eigenvalue weighted by atomic mass is 32.1. The van der Waals surface area contributed by atoms with Crippen LogP contribution in [0.2, 0.25) is 0 Å². The number of rotatable bonds is 3. The fourth-order valence-corrected chi connectivity index (χ4v) is 3.01. The smallest absolute Gasteiger partial charge is 0.256 e. The lowest BCUT2D eigenvalue weighted by atomic mass is 10.1. The minimum Gasteiger partial charge on any atom is -0.305 e. The van der Waals surface area contributed by atoms with Gasteiger partial charge in [0.2, 0.25) is 4.96 Å². The molecule has 0 aliphatic rings. The molecule has 0 saturated heterocycles. The van der Waals surface area contributed by atoms with Gasteiger partial charge < -0.3 is 5.32 Å². The molecule has 0 spiro atoms. The fourth-order valence-electron chi connectivity index (χ4n) is 2.40. The number of nitrogens with one attached hydrogen (secondary N) is 1. The fraction of sp³-hybridized carbons (Fsp3) is 0. The summed E-state index contributed by atoms with van der Waals surface area (Å²) in [6, 6.07) is 11.0. The van der Waals surface area contributed by atoms with Crippen LogP contribution in [0.3, 0.4) is 0 Å². The van der Waals surface area contributed by atoms with E-state index in [2.05, 4.69) is 15.4 Å². The lowest BCUT2D eigenvalue weighted by Gasteiger charge is -2.06. The Hall–Kier alpha value is -3.13. The summed E-state index contributed by atoms with van der Waals surface area (Å²) in [4.78, 5) is 17.5. The van der Waals surface area contributed by atoms with E-state index in [1.807, 2.05) is 0 Å². The quantitative estimate of drug-likeness (QED) is 0.604. The van der Waals surface area contributed by atoms with E-state index in [1.165, 1.54) is 52.3 Å². The van der Waals surface area contributed by atoms with Crippen LogP contribution < -0.4 is 5.32 Å². The van der Waals surface area contributed by atoms with Crippen LogP contribution in [0.5, 0.6) is 0 Å². The van der Waals surface area contributed by atoms with Crippen LogP contribution in [0, 0.1) is 11.6 Å². The Morgan fingerprint density at radius 3 is 2.32 bits per heavy atom. The average Bonchev–Trinajstić information content (AvgIpc) is 3.19. The van der Waals surface area contributed by atoms with Crippen molar-refractivity contribution in [3.63, 3.8) is 0 Å². The van der Waals surface area contributed by atoms with E-state index in [0.717, 1.165) is 0 Å². The molecule has 25 heavy (non-hydrogen) atoms. The van der Waals surface area contributed by atoms with Crippen molar-refractivity contribution in [1.29, 1.82) is 0 Å². The number of hydrogen-bond donors (Lipinski definition) is 1. The number of anilines is 1. The molecule has 0 aliphatic carbocycles. The summed E-state index contributed by atoms with van der Waals surface area (Å²) >= 11 is 1.31. The highest BCUT2D eigenvalue weighted by Gasteiger charge is 2.19. The zero-order valence-corrected chi connectivity index (χ0v) is 13.4. The number of hydrogen-bond acceptors (Lipinski definition) is 4. The third-order valence-electron chi connectivity index (χ3n) is 3.60. The van der Waals surface area contributed by atoms with Gasteiger partial charge in [0, 0.05) is 11.1 Å². The Balaban J connectivity index is 1.76. The van der Waals surface area contributed by atoms with E-state index in [9.17, 15) is 13.6 Å². The number of fused-ring (bicyclic) bond motifs is 1. The Morgan fingerprint density at radius 1 is 1.00 bits per heavy atom. The molecule has 4 rings (SSSR count). The molecule has 0 fully saturated rings. The molecule has 0 radical (unpaired) electrons. The highest BCUT2D eigenvalue weighted by Crippen LogP contribution is 2.30. The number of carbonyl (C=O) groups is 1. The molecule has 0 atom stereocenters. The monoisotopic (exact) mass is 356 g/mol. The van der Waals surface area contributed by atoms with Gasteiger partial charge in [-0.1, -0.05) is 11.3 Å². The Kier molecular flexibility index (Phi) is 3.73. The van der Waals surface area contributed by atoms with Gasteiger partial charge in [0.25, 0.3) is 5.91 Å². The molecule has 124 valence electrons. The van der Waals surface area contributed by atoms with Gasteiger partial charge in [-0.15, -0.1) is 0 Å². The SMILES string of the molecule is O=C(Nc1c(-c2ccc(F)cc2)nc2scnn12)c1ccc(F)cc1. The molecule has 2 aromatic carbocycles. The predicted octanol–water partition coefficient (Wildman–Crippen LogP) is 3.99. The number of amides is 1. The van der Waals surface area contributed by atoms with Crippen molar-refractivity contribution in [3.8, 4) is 11.3 Å². The van der Waals surface area contributed by atoms with Crippen molar-refractivity contribution in [2.24, 2.45) is 0 Å². The van der Waals surface area contributed by atoms with E-state index in [0.29, 0.717) is 27.6 Å². The minimum absolute atomic E-state index is 0.302. The van der Waals surface area contributed by atoms with Crippen molar-refractivity contribution in [3.05, 3.63) is 71.2 Å². The molecule has 0 aliphatic heterocycles. The van der Waals surface area contributed by atoms with Crippen LogP contribution in [0.15, 0.2) is 54.0 Å². The van der Waals surface area contributed by atoms with Crippen LogP contribution in [-0.2, 0) is 0 Å². The van der Waals surface area contributed by atoms with Gasteiger partial charge in [-0.05, 0) is 48.5 Å². The molecule has 4 aromatic rings. The summed E-state index contributed by atoms with van der Waals surface area (Å²) in [6.45, 7) is 0. The summed E-state index contributed by atoms with van der Waals surface area (Å²) in [5, 5.41) is 6.93. The first kappa shape index (κ1) is 15.4. The second-order valence-electron chi connectivity index (χ2n) is 5.21. The van der Waals surface area contributed by atoms with E-state index in [4.69, 9.17) is 0 Å². The second-order valence-corrected chi connectivity index (χ2v) is 6.02. The number of imidazole rings is 1. The molecule has 0 saturated carbocycles. The van der Waals surface area contributed by atoms with Gasteiger partial charge in [0.15, 0.2) is 5.82 Å². The molecular formula is C17H10F2N4OS. The lowest BCUT2D eigenvalue weighted by Crippen LogP contribution is -2.14. The number of halogens is 2. The molecular weight excluding hydrogens is 346 g/mol. The minimum atomic E-state index is -0.421. The average molecular weight is 356 g/mol. The van der Waals surface area contributed by atoms with E-state index < -0.39 is 11.7 Å². The third-order valence-corrected chi connectivity index (χ3v) is 4.28. The first-order valence-electron chi connectivity index (χ1n) is 7.27. The van der Waals surface area contributed by atoms with Gasteiger partial charge in [0.05, 0.1) is 0 Å². The van der Waals surface area contributed by atoms with Gasteiger partial charge in [-0.25, -0.2) is 13.8 Å². The van der Waals surface area contributed by atoms with Crippen molar-refractivity contribution in [2.45, 2.75) is 0 Å². The summed E-state index contributed by atoms with van der Waals surface area (Å²) in [7, 11) is 0. The van der Waals surface area contributed by atoms with E-state index in [1.54, 1.807) is 17.6 Å². The highest BCUT2D eigenvalue weighted by molar-refractivity contribution is 7.14. The molecule has 8 heteroatoms. The van der Waals surface area contributed by atoms with Crippen LogP contribution in [0.25, 0.3) is 16.2 Å². The van der Waals surface area contributed by atoms with Gasteiger partial charge in [-0.2, -0.15) is 9.61 Å². The zero-order valence-electron chi connectivity index (χ0n) is 12.6. The molecule has 0 bridgehead atoms. The maximum atomic E-state index is 13.2. The first-order chi connectivity index (χ1) is 12.1. The Labute approximate surface area is 144 Å². The third kappa shape index (κ3) is 2.87. The molecule has 2 heterocycles. The summed E-state index contributed by atoms with van der Waals surface area (Å²) in [5.74, 6) is -0.829. The summed E-state index contributed by atoms with van der Waals surface area (Å²) < 4.78 is 27.7. The number of nitrogens with zero attached hydrogens (tertiary/aromatic N) is 3. The van der Waals surface area contributed by atoms with Crippen LogP contribution in [0.4, 0.5) is 14.6 Å². The molecule has 0 unspecified atom stereocenters. The van der Waals surface area contributed by atoms with Crippen molar-refractivity contribution >= 4 is 28.0 Å². The van der Waals surface area contributed by atoms with Crippen molar-refractivity contribution < 1.29 is 13.6 Å². The Bertz CT molecular complexity index is 1050. The normalized spacial score (nSPS) is 11.0. The maximum absolute atomic E-state index is 13.2. The van der Waals surface area contributed by atoms with Crippen molar-refractivity contribution in [2.75, 3.05) is 5.32 Å². The molecule has 2 aromatic heterocycles. The largest absolute Gasteiger partial charge is 0.305 e. The van der Waals surface area contributed by atoms with Crippen LogP contribution >= 0.6 is 11.3 Å². The molecule has 1 N–H and O–H groups in total. The predicted molar refractivity (Wildman–Crippen MR) is 90.6 cm³/mol. The number of benzene rings is 2. The topological polar surface area (TPSA) is 59.3 Å². The number of carbonyl (C=O) groups excluding carboxylic acids is 1. The van der Waals surface area contributed by atoms with Crippen molar-refractivity contribution in [1.82, 2.24) is 14.6 Å². The lowest BCUT2D eigenvalue weighted by molar-refractivity contribution is 0.102. The van der Waals surface area contributed by atoms with Gasteiger partial charge in [0.1, 0.15) is 22.8 Å². The second kappa shape index (κ2) is 6.06. The summed E-state index contributed by atoms with van der Waals surface area (Å²) in [6.07, 6.45) is 0. The molecule has 5 nitrogen and oxygen atoms in total. The van der Waals surface area contributed by atoms with E-state index in [-0.39, 0.29) is 5.82 Å². The van der Waals surface area contributed by atoms with Crippen LogP contribution in [-0.4, -0.2) is 20.5 Å².